The molecule has 16 heavy (non-hydrogen) atoms. The van der Waals surface area contributed by atoms with Crippen LogP contribution < -0.4 is 5.32 Å². The zero-order chi connectivity index (χ0) is 11.5. The molecule has 1 aliphatic carbocycles. The summed E-state index contributed by atoms with van der Waals surface area (Å²) in [5.41, 5.74) is 3.86. The molecule has 0 saturated heterocycles. The van der Waals surface area contributed by atoms with E-state index in [4.69, 9.17) is 11.6 Å². The molecule has 0 spiro atoms. The number of carbonyl (C=O) groups is 1. The van der Waals surface area contributed by atoms with Gasteiger partial charge in [0.05, 0.1) is 0 Å². The first-order chi connectivity index (χ1) is 7.70. The number of nitrogens with one attached hydrogen (secondary N) is 1. The third-order valence-electron chi connectivity index (χ3n) is 2.91. The Hall–Kier alpha value is -1.02. The van der Waals surface area contributed by atoms with E-state index in [1.807, 2.05) is 0 Å². The molecule has 0 heterocycles. The molecule has 1 aromatic rings. The largest absolute Gasteiger partial charge is 0.351 e. The van der Waals surface area contributed by atoms with E-state index in [0.717, 1.165) is 0 Å². The van der Waals surface area contributed by atoms with E-state index in [9.17, 15) is 4.79 Å². The minimum atomic E-state index is -0.107. The number of carbonyl (C=O) groups excluding carboxylic acids is 1. The number of amides is 1. The van der Waals surface area contributed by atoms with Gasteiger partial charge in [-0.3, -0.25) is 4.79 Å². The lowest BCUT2D eigenvalue weighted by molar-refractivity contribution is -0.118. The molecule has 86 valence electrons. The Bertz CT molecular complexity index is 399. The number of aryl methyl sites for hydroxylation is 1. The summed E-state index contributed by atoms with van der Waals surface area (Å²) in [5.74, 6) is 0.637. The molecular formula is C13H16ClNO. The fourth-order valence-electron chi connectivity index (χ4n) is 1.92. The van der Waals surface area contributed by atoms with Crippen LogP contribution in [0.3, 0.4) is 0 Å². The fourth-order valence-corrected chi connectivity index (χ4v) is 2.02. The van der Waals surface area contributed by atoms with Crippen LogP contribution in [-0.4, -0.2) is 11.8 Å². The molecule has 1 saturated carbocycles. The van der Waals surface area contributed by atoms with Gasteiger partial charge in [0.15, 0.2) is 0 Å². The maximum absolute atomic E-state index is 11.1. The van der Waals surface area contributed by atoms with Crippen LogP contribution in [0.4, 0.5) is 0 Å². The Morgan fingerprint density at radius 1 is 1.50 bits per heavy atom. The topological polar surface area (TPSA) is 29.1 Å². The molecule has 0 aliphatic heterocycles. The van der Waals surface area contributed by atoms with Crippen molar-refractivity contribution in [2.75, 3.05) is 5.88 Å². The van der Waals surface area contributed by atoms with Crippen molar-refractivity contribution in [3.05, 3.63) is 34.9 Å². The van der Waals surface area contributed by atoms with Crippen LogP contribution in [0, 0.1) is 6.92 Å². The van der Waals surface area contributed by atoms with Crippen molar-refractivity contribution in [2.45, 2.75) is 32.2 Å². The van der Waals surface area contributed by atoms with E-state index in [0.29, 0.717) is 12.5 Å². The molecule has 2 rings (SSSR count). The molecule has 3 heteroatoms. The van der Waals surface area contributed by atoms with Gasteiger partial charge in [-0.15, -0.1) is 11.6 Å². The quantitative estimate of drug-likeness (QED) is 0.802. The summed E-state index contributed by atoms with van der Waals surface area (Å²) in [4.78, 5) is 11.1. The maximum atomic E-state index is 11.1. The number of alkyl halides is 1. The lowest BCUT2D eigenvalue weighted by Crippen LogP contribution is -2.24. The van der Waals surface area contributed by atoms with Crippen molar-refractivity contribution in [3.8, 4) is 0 Å². The highest BCUT2D eigenvalue weighted by Crippen LogP contribution is 2.41. The summed E-state index contributed by atoms with van der Waals surface area (Å²) in [6, 6.07) is 6.48. The number of rotatable bonds is 4. The molecule has 0 aromatic heterocycles. The summed E-state index contributed by atoms with van der Waals surface area (Å²) in [7, 11) is 0. The molecule has 1 amide bonds. The molecular weight excluding hydrogens is 222 g/mol. The van der Waals surface area contributed by atoms with Gasteiger partial charge in [0, 0.05) is 6.54 Å². The SMILES string of the molecule is Cc1ccc(C2CC2)c(CNC(=O)CCl)c1. The summed E-state index contributed by atoms with van der Waals surface area (Å²) >= 11 is 5.45. The number of hydrogen-bond donors (Lipinski definition) is 1. The number of halogens is 1. The Morgan fingerprint density at radius 2 is 2.25 bits per heavy atom. The van der Waals surface area contributed by atoms with E-state index in [1.165, 1.54) is 29.5 Å². The summed E-state index contributed by atoms with van der Waals surface area (Å²) in [5, 5.41) is 2.83. The minimum Gasteiger partial charge on any atom is -0.351 e. The Morgan fingerprint density at radius 3 is 2.88 bits per heavy atom. The van der Waals surface area contributed by atoms with E-state index in [-0.39, 0.29) is 11.8 Å². The van der Waals surface area contributed by atoms with Crippen LogP contribution in [-0.2, 0) is 11.3 Å². The van der Waals surface area contributed by atoms with Gasteiger partial charge in [-0.2, -0.15) is 0 Å². The smallest absolute Gasteiger partial charge is 0.235 e. The van der Waals surface area contributed by atoms with E-state index >= 15 is 0 Å². The second-order valence-corrected chi connectivity index (χ2v) is 4.65. The summed E-state index contributed by atoms with van der Waals surface area (Å²) in [6.07, 6.45) is 2.55. The average molecular weight is 238 g/mol. The highest BCUT2D eigenvalue weighted by Gasteiger charge is 2.25. The Kier molecular flexibility index (Phi) is 3.49. The van der Waals surface area contributed by atoms with E-state index in [1.54, 1.807) is 0 Å². The standard InChI is InChI=1S/C13H16ClNO/c1-9-2-5-12(10-3-4-10)11(6-9)8-15-13(16)7-14/h2,5-6,10H,3-4,7-8H2,1H3,(H,15,16). The second-order valence-electron chi connectivity index (χ2n) is 4.39. The molecule has 1 N–H and O–H groups in total. The molecule has 0 atom stereocenters. The summed E-state index contributed by atoms with van der Waals surface area (Å²) < 4.78 is 0. The molecule has 0 bridgehead atoms. The van der Waals surface area contributed by atoms with Gasteiger partial charge in [-0.25, -0.2) is 0 Å². The Labute approximate surface area is 101 Å². The minimum absolute atomic E-state index is 0.0323. The number of hydrogen-bond acceptors (Lipinski definition) is 1. The molecule has 1 aromatic carbocycles. The fraction of sp³-hybridized carbons (Fsp3) is 0.462. The highest BCUT2D eigenvalue weighted by atomic mass is 35.5. The van der Waals surface area contributed by atoms with Gasteiger partial charge >= 0.3 is 0 Å². The monoisotopic (exact) mass is 237 g/mol. The molecule has 1 aliphatic rings. The van der Waals surface area contributed by atoms with Crippen LogP contribution in [0.25, 0.3) is 0 Å². The zero-order valence-electron chi connectivity index (χ0n) is 9.42. The van der Waals surface area contributed by atoms with Crippen molar-refractivity contribution < 1.29 is 4.79 Å². The van der Waals surface area contributed by atoms with Gasteiger partial charge < -0.3 is 5.32 Å². The third-order valence-corrected chi connectivity index (χ3v) is 3.16. The molecule has 0 radical (unpaired) electrons. The molecule has 1 fully saturated rings. The van der Waals surface area contributed by atoms with Crippen molar-refractivity contribution >= 4 is 17.5 Å². The van der Waals surface area contributed by atoms with Crippen molar-refractivity contribution in [1.82, 2.24) is 5.32 Å². The van der Waals surface area contributed by atoms with Crippen molar-refractivity contribution in [2.24, 2.45) is 0 Å². The van der Waals surface area contributed by atoms with Crippen LogP contribution >= 0.6 is 11.6 Å². The summed E-state index contributed by atoms with van der Waals surface area (Å²) in [6.45, 7) is 2.67. The zero-order valence-corrected chi connectivity index (χ0v) is 10.2. The number of benzene rings is 1. The van der Waals surface area contributed by atoms with Crippen molar-refractivity contribution in [3.63, 3.8) is 0 Å². The van der Waals surface area contributed by atoms with Gasteiger partial charge in [0.1, 0.15) is 5.88 Å². The molecule has 0 unspecified atom stereocenters. The normalized spacial score (nSPS) is 14.9. The van der Waals surface area contributed by atoms with Gasteiger partial charge in [0.2, 0.25) is 5.91 Å². The average Bonchev–Trinajstić information content (AvgIpc) is 3.10. The van der Waals surface area contributed by atoms with E-state index < -0.39 is 0 Å². The van der Waals surface area contributed by atoms with Crippen molar-refractivity contribution in [1.29, 1.82) is 0 Å². The Balaban J connectivity index is 2.11. The van der Waals surface area contributed by atoms with Crippen LogP contribution in [0.5, 0.6) is 0 Å². The van der Waals surface area contributed by atoms with Crippen LogP contribution in [0.1, 0.15) is 35.4 Å². The van der Waals surface area contributed by atoms with Crippen LogP contribution in [0.15, 0.2) is 18.2 Å². The first-order valence-corrected chi connectivity index (χ1v) is 6.16. The van der Waals surface area contributed by atoms with Crippen LogP contribution in [0.2, 0.25) is 0 Å². The van der Waals surface area contributed by atoms with Gasteiger partial charge in [-0.1, -0.05) is 23.8 Å². The third kappa shape index (κ3) is 2.76. The lowest BCUT2D eigenvalue weighted by atomic mass is 10.0. The first-order valence-electron chi connectivity index (χ1n) is 5.63. The highest BCUT2D eigenvalue weighted by molar-refractivity contribution is 6.27. The predicted octanol–water partition coefficient (Wildman–Crippen LogP) is 2.73. The first kappa shape index (κ1) is 11.5. The maximum Gasteiger partial charge on any atom is 0.235 e. The molecule has 2 nitrogen and oxygen atoms in total. The van der Waals surface area contributed by atoms with Gasteiger partial charge in [-0.05, 0) is 36.8 Å². The second kappa shape index (κ2) is 4.88. The lowest BCUT2D eigenvalue weighted by Gasteiger charge is -2.10. The van der Waals surface area contributed by atoms with Gasteiger partial charge in [0.25, 0.3) is 0 Å². The van der Waals surface area contributed by atoms with E-state index in [2.05, 4.69) is 30.4 Å². The predicted molar refractivity (Wildman–Crippen MR) is 65.7 cm³/mol.